The lowest BCUT2D eigenvalue weighted by molar-refractivity contribution is -0.117. The molecular weight excluding hydrogens is 182 g/mol. The Bertz CT molecular complexity index is 237. The average molecular weight is 199 g/mol. The van der Waals surface area contributed by atoms with Crippen LogP contribution in [0, 0.1) is 11.8 Å². The van der Waals surface area contributed by atoms with E-state index in [0.29, 0.717) is 13.0 Å². The first-order valence-corrected chi connectivity index (χ1v) is 4.44. The van der Waals surface area contributed by atoms with Gasteiger partial charge >= 0.3 is 0 Å². The fourth-order valence-electron chi connectivity index (χ4n) is 0.839. The summed E-state index contributed by atoms with van der Waals surface area (Å²) in [5.74, 6) is 4.44. The van der Waals surface area contributed by atoms with E-state index in [1.54, 1.807) is 21.0 Å². The highest BCUT2D eigenvalue weighted by Gasteiger charge is 2.20. The Morgan fingerprint density at radius 1 is 1.64 bits per heavy atom. The van der Waals surface area contributed by atoms with E-state index in [9.17, 15) is 9.90 Å². The number of amides is 1. The summed E-state index contributed by atoms with van der Waals surface area (Å²) in [6, 6.07) is 0. The van der Waals surface area contributed by atoms with Gasteiger partial charge in [-0.15, -0.1) is 0 Å². The summed E-state index contributed by atoms with van der Waals surface area (Å²) < 4.78 is 4.83. The summed E-state index contributed by atoms with van der Waals surface area (Å²) >= 11 is 0. The first kappa shape index (κ1) is 12.9. The molecule has 80 valence electrons. The maximum Gasteiger partial charge on any atom is 0.295 e. The number of methoxy groups -OCH3 is 1. The molecule has 0 aromatic heterocycles. The first-order valence-electron chi connectivity index (χ1n) is 4.44. The van der Waals surface area contributed by atoms with Gasteiger partial charge in [-0.1, -0.05) is 5.92 Å². The largest absolute Gasteiger partial charge is 0.388 e. The maximum atomic E-state index is 10.9. The van der Waals surface area contributed by atoms with Gasteiger partial charge in [-0.05, 0) is 19.8 Å². The van der Waals surface area contributed by atoms with E-state index in [0.717, 1.165) is 0 Å². The smallest absolute Gasteiger partial charge is 0.295 e. The van der Waals surface area contributed by atoms with Gasteiger partial charge in [0.1, 0.15) is 0 Å². The van der Waals surface area contributed by atoms with Crippen LogP contribution >= 0.6 is 0 Å². The molecule has 14 heavy (non-hydrogen) atoms. The first-order chi connectivity index (χ1) is 6.52. The number of nitrogens with one attached hydrogen (secondary N) is 1. The zero-order chi connectivity index (χ0) is 11.0. The van der Waals surface area contributed by atoms with Crippen molar-refractivity contribution in [3.05, 3.63) is 0 Å². The molecule has 0 bridgehead atoms. The molecule has 0 fully saturated rings. The Kier molecular flexibility index (Phi) is 5.93. The number of carbonyl (C=O) groups is 1. The minimum atomic E-state index is -0.943. The molecule has 0 aliphatic carbocycles. The highest BCUT2D eigenvalue weighted by molar-refractivity contribution is 5.93. The highest BCUT2D eigenvalue weighted by Crippen LogP contribution is 2.06. The Morgan fingerprint density at radius 2 is 2.29 bits per heavy atom. The van der Waals surface area contributed by atoms with Crippen molar-refractivity contribution in [1.82, 2.24) is 5.32 Å². The molecule has 0 radical (unpaired) electrons. The second-order valence-corrected chi connectivity index (χ2v) is 3.30. The van der Waals surface area contributed by atoms with Gasteiger partial charge in [0.15, 0.2) is 0 Å². The van der Waals surface area contributed by atoms with Crippen LogP contribution in [0.1, 0.15) is 20.3 Å². The lowest BCUT2D eigenvalue weighted by Gasteiger charge is -2.22. The summed E-state index contributed by atoms with van der Waals surface area (Å²) in [6.45, 7) is 3.88. The Morgan fingerprint density at radius 3 is 2.79 bits per heavy atom. The van der Waals surface area contributed by atoms with Crippen molar-refractivity contribution in [1.29, 1.82) is 0 Å². The van der Waals surface area contributed by atoms with Crippen LogP contribution in [0.15, 0.2) is 0 Å². The average Bonchev–Trinajstić information content (AvgIpc) is 2.13. The minimum Gasteiger partial charge on any atom is -0.388 e. The molecule has 0 aliphatic rings. The number of aliphatic hydroxyl groups is 1. The van der Waals surface area contributed by atoms with E-state index in [1.165, 1.54) is 0 Å². The van der Waals surface area contributed by atoms with E-state index >= 15 is 0 Å². The quantitative estimate of drug-likeness (QED) is 0.609. The normalized spacial score (nSPS) is 13.7. The molecular formula is C10H17NO3. The molecule has 0 heterocycles. The summed E-state index contributed by atoms with van der Waals surface area (Å²) in [7, 11) is 1.57. The van der Waals surface area contributed by atoms with Crippen LogP contribution < -0.4 is 5.32 Å². The molecule has 1 unspecified atom stereocenters. The molecule has 4 heteroatoms. The van der Waals surface area contributed by atoms with Gasteiger partial charge in [-0.2, -0.15) is 0 Å². The number of carbonyl (C=O) groups excluding carboxylic acids is 1. The number of ether oxygens (including phenoxy) is 1. The predicted molar refractivity (Wildman–Crippen MR) is 53.6 cm³/mol. The third kappa shape index (κ3) is 6.46. The van der Waals surface area contributed by atoms with Gasteiger partial charge in [-0.25, -0.2) is 0 Å². The molecule has 0 aromatic carbocycles. The molecule has 0 spiro atoms. The van der Waals surface area contributed by atoms with Crippen molar-refractivity contribution < 1.29 is 14.6 Å². The third-order valence-electron chi connectivity index (χ3n) is 1.71. The monoisotopic (exact) mass is 199 g/mol. The van der Waals surface area contributed by atoms with Crippen molar-refractivity contribution in [2.24, 2.45) is 0 Å². The molecule has 0 saturated heterocycles. The van der Waals surface area contributed by atoms with Crippen molar-refractivity contribution in [2.75, 3.05) is 20.3 Å². The third-order valence-corrected chi connectivity index (χ3v) is 1.71. The number of hydrogen-bond donors (Lipinski definition) is 2. The van der Waals surface area contributed by atoms with Crippen LogP contribution in [0.5, 0.6) is 0 Å². The van der Waals surface area contributed by atoms with Crippen molar-refractivity contribution >= 4 is 5.91 Å². The molecule has 0 aromatic rings. The van der Waals surface area contributed by atoms with Crippen LogP contribution in [0.2, 0.25) is 0 Å². The van der Waals surface area contributed by atoms with E-state index in [-0.39, 0.29) is 12.5 Å². The SMILES string of the molecule is CC#CC(=O)NCC(C)(O)CCOC. The van der Waals surface area contributed by atoms with Crippen molar-refractivity contribution in [3.8, 4) is 11.8 Å². The zero-order valence-electron chi connectivity index (χ0n) is 8.89. The Labute approximate surface area is 84.6 Å². The second kappa shape index (κ2) is 6.41. The molecule has 0 aliphatic heterocycles. The van der Waals surface area contributed by atoms with Gasteiger partial charge in [0, 0.05) is 26.7 Å². The van der Waals surface area contributed by atoms with Crippen LogP contribution in [-0.2, 0) is 9.53 Å². The molecule has 4 nitrogen and oxygen atoms in total. The van der Waals surface area contributed by atoms with E-state index in [1.807, 2.05) is 0 Å². The van der Waals surface area contributed by atoms with E-state index in [2.05, 4.69) is 17.2 Å². The minimum absolute atomic E-state index is 0.184. The van der Waals surface area contributed by atoms with Gasteiger partial charge < -0.3 is 15.2 Å². The Hall–Kier alpha value is -1.05. The van der Waals surface area contributed by atoms with Gasteiger partial charge in [0.2, 0.25) is 0 Å². The van der Waals surface area contributed by atoms with Crippen LogP contribution in [0.3, 0.4) is 0 Å². The van der Waals surface area contributed by atoms with Gasteiger partial charge in [0.05, 0.1) is 5.60 Å². The fourth-order valence-corrected chi connectivity index (χ4v) is 0.839. The Balaban J connectivity index is 3.84. The predicted octanol–water partition coefficient (Wildman–Crippen LogP) is -0.0866. The molecule has 0 rings (SSSR count). The van der Waals surface area contributed by atoms with Crippen LogP contribution in [-0.4, -0.2) is 36.9 Å². The fraction of sp³-hybridized carbons (Fsp3) is 0.700. The number of rotatable bonds is 5. The van der Waals surface area contributed by atoms with Gasteiger partial charge in [0.25, 0.3) is 5.91 Å². The van der Waals surface area contributed by atoms with Crippen molar-refractivity contribution in [2.45, 2.75) is 25.9 Å². The maximum absolute atomic E-state index is 10.9. The summed E-state index contributed by atoms with van der Waals surface area (Å²) in [5.41, 5.74) is -0.943. The lowest BCUT2D eigenvalue weighted by Crippen LogP contribution is -2.40. The van der Waals surface area contributed by atoms with E-state index < -0.39 is 5.60 Å². The van der Waals surface area contributed by atoms with Crippen molar-refractivity contribution in [3.63, 3.8) is 0 Å². The van der Waals surface area contributed by atoms with E-state index in [4.69, 9.17) is 4.74 Å². The van der Waals surface area contributed by atoms with Gasteiger partial charge in [-0.3, -0.25) is 4.79 Å². The highest BCUT2D eigenvalue weighted by atomic mass is 16.5. The second-order valence-electron chi connectivity index (χ2n) is 3.30. The molecule has 2 N–H and O–H groups in total. The topological polar surface area (TPSA) is 58.6 Å². The lowest BCUT2D eigenvalue weighted by atomic mass is 10.0. The van der Waals surface area contributed by atoms with Crippen LogP contribution in [0.25, 0.3) is 0 Å². The molecule has 0 saturated carbocycles. The molecule has 1 amide bonds. The summed E-state index contributed by atoms with van der Waals surface area (Å²) in [4.78, 5) is 10.9. The standard InChI is InChI=1S/C10H17NO3/c1-4-5-9(12)11-8-10(2,13)6-7-14-3/h13H,6-8H2,1-3H3,(H,11,12). The zero-order valence-corrected chi connectivity index (χ0v) is 8.89. The molecule has 1 atom stereocenters. The summed E-state index contributed by atoms with van der Waals surface area (Å²) in [6.07, 6.45) is 0.476. The number of hydrogen-bond acceptors (Lipinski definition) is 3. The summed E-state index contributed by atoms with van der Waals surface area (Å²) in [5, 5.41) is 12.2. The van der Waals surface area contributed by atoms with Crippen LogP contribution in [0.4, 0.5) is 0 Å².